The average Bonchev–Trinajstić information content (AvgIpc) is 3.10. The largest absolute Gasteiger partial charge is 0.255 e. The molecule has 0 bridgehead atoms. The van der Waals surface area contributed by atoms with Crippen LogP contribution in [0.25, 0.3) is 42.2 Å². The Morgan fingerprint density at radius 3 is 2.30 bits per heavy atom. The number of pyridine rings is 1. The fourth-order valence-electron chi connectivity index (χ4n) is 4.48. The van der Waals surface area contributed by atoms with Gasteiger partial charge in [-0.05, 0) is 45.6 Å². The van der Waals surface area contributed by atoms with Gasteiger partial charge in [0.25, 0.3) is 0 Å². The zero-order valence-corrected chi connectivity index (χ0v) is 20.1. The third-order valence-corrected chi connectivity index (χ3v) is 9.49. The third-order valence-electron chi connectivity index (χ3n) is 6.01. The van der Waals surface area contributed by atoms with Crippen LogP contribution in [0.4, 0.5) is 0 Å². The van der Waals surface area contributed by atoms with Crippen molar-refractivity contribution in [3.63, 3.8) is 0 Å². The second-order valence-corrected chi connectivity index (χ2v) is 15.6. The lowest BCUT2D eigenvalue weighted by molar-refractivity contribution is 0.876. The van der Waals surface area contributed by atoms with Gasteiger partial charge in [-0.2, -0.15) is 0 Å². The van der Waals surface area contributed by atoms with Crippen LogP contribution in [0, 0.1) is 0 Å². The summed E-state index contributed by atoms with van der Waals surface area (Å²) in [6.07, 6.45) is 1.98. The zero-order chi connectivity index (χ0) is 21.0. The molecule has 0 aliphatic rings. The Hall–Kier alpha value is -2.49. The van der Waals surface area contributed by atoms with Crippen LogP contribution in [0.5, 0.6) is 0 Å². The first-order valence-corrected chi connectivity index (χ1v) is 15.0. The predicted octanol–water partition coefficient (Wildman–Crippen LogP) is 7.94. The lowest BCUT2D eigenvalue weighted by atomic mass is 9.92. The van der Waals surface area contributed by atoms with E-state index in [1.165, 1.54) is 42.1 Å². The van der Waals surface area contributed by atoms with Crippen LogP contribution in [-0.4, -0.2) is 13.1 Å². The summed E-state index contributed by atoms with van der Waals surface area (Å²) in [7, 11) is -1.43. The smallest absolute Gasteiger partial charge is 0.0880 e. The summed E-state index contributed by atoms with van der Waals surface area (Å²) in [5.74, 6) is 0.468. The van der Waals surface area contributed by atoms with E-state index in [1.807, 2.05) is 17.5 Å². The van der Waals surface area contributed by atoms with Gasteiger partial charge in [-0.1, -0.05) is 76.0 Å². The van der Waals surface area contributed by atoms with Gasteiger partial charge in [0.2, 0.25) is 0 Å². The molecule has 5 aromatic rings. The molecule has 150 valence electrons. The van der Waals surface area contributed by atoms with E-state index < -0.39 is 8.07 Å². The van der Waals surface area contributed by atoms with Gasteiger partial charge >= 0.3 is 0 Å². The van der Waals surface area contributed by atoms with Crippen LogP contribution in [-0.2, 0) is 0 Å². The number of fused-ring (bicyclic) bond motifs is 4. The third kappa shape index (κ3) is 3.08. The first-order chi connectivity index (χ1) is 14.3. The summed E-state index contributed by atoms with van der Waals surface area (Å²) >= 11 is 1.93. The summed E-state index contributed by atoms with van der Waals surface area (Å²) in [5.41, 5.74) is 3.73. The van der Waals surface area contributed by atoms with Crippen LogP contribution in [0.1, 0.15) is 25.3 Å². The molecule has 0 spiro atoms. The van der Waals surface area contributed by atoms with Gasteiger partial charge in [-0.3, -0.25) is 4.98 Å². The van der Waals surface area contributed by atoms with Crippen molar-refractivity contribution in [1.82, 2.24) is 4.98 Å². The highest BCUT2D eigenvalue weighted by Crippen LogP contribution is 2.40. The summed E-state index contributed by atoms with van der Waals surface area (Å²) < 4.78 is 2.76. The first kappa shape index (κ1) is 19.5. The molecule has 1 nitrogen and oxygen atoms in total. The van der Waals surface area contributed by atoms with Crippen LogP contribution < -0.4 is 5.19 Å². The highest BCUT2D eigenvalue weighted by atomic mass is 32.1. The van der Waals surface area contributed by atoms with E-state index in [4.69, 9.17) is 4.98 Å². The molecule has 0 saturated heterocycles. The van der Waals surface area contributed by atoms with Crippen molar-refractivity contribution in [1.29, 1.82) is 0 Å². The van der Waals surface area contributed by atoms with Crippen molar-refractivity contribution < 1.29 is 0 Å². The monoisotopic (exact) mass is 425 g/mol. The maximum absolute atomic E-state index is 4.89. The van der Waals surface area contributed by atoms with E-state index in [0.717, 1.165) is 5.69 Å². The van der Waals surface area contributed by atoms with Gasteiger partial charge in [0.05, 0.1) is 18.5 Å². The second-order valence-electron chi connectivity index (χ2n) is 9.51. The van der Waals surface area contributed by atoms with Crippen molar-refractivity contribution in [2.24, 2.45) is 0 Å². The van der Waals surface area contributed by atoms with Gasteiger partial charge in [-0.25, -0.2) is 0 Å². The highest BCUT2D eigenvalue weighted by Gasteiger charge is 2.22. The summed E-state index contributed by atoms with van der Waals surface area (Å²) in [4.78, 5) is 4.89. The van der Waals surface area contributed by atoms with Crippen molar-refractivity contribution in [3.05, 3.63) is 72.4 Å². The summed E-state index contributed by atoms with van der Waals surface area (Å²) in [5, 5.41) is 6.90. The molecule has 0 saturated carbocycles. The number of hydrogen-bond acceptors (Lipinski definition) is 2. The maximum Gasteiger partial charge on any atom is 0.0880 e. The van der Waals surface area contributed by atoms with Crippen LogP contribution in [0.3, 0.4) is 0 Å². The molecule has 0 atom stereocenters. The number of rotatable bonds is 3. The normalized spacial score (nSPS) is 12.5. The van der Waals surface area contributed by atoms with Gasteiger partial charge < -0.3 is 0 Å². The van der Waals surface area contributed by atoms with E-state index >= 15 is 0 Å². The summed E-state index contributed by atoms with van der Waals surface area (Å²) in [6, 6.07) is 22.4. The van der Waals surface area contributed by atoms with E-state index in [0.29, 0.717) is 5.92 Å². The van der Waals surface area contributed by atoms with Crippen LogP contribution >= 0.6 is 11.3 Å². The first-order valence-electron chi connectivity index (χ1n) is 10.7. The molecule has 0 radical (unpaired) electrons. The Morgan fingerprint density at radius 1 is 0.800 bits per heavy atom. The topological polar surface area (TPSA) is 12.9 Å². The fourth-order valence-corrected chi connectivity index (χ4v) is 8.18. The molecule has 0 amide bonds. The molecule has 3 aromatic carbocycles. The molecule has 5 rings (SSSR count). The Balaban J connectivity index is 1.84. The second kappa shape index (κ2) is 7.04. The van der Waals surface area contributed by atoms with Gasteiger partial charge in [0.15, 0.2) is 0 Å². The standard InChI is InChI=1S/C27H27NSSi/c1-17(2)23-16-19(15-18-9-6-7-10-20(18)23)25-27-22(13-14-28-25)21-11-8-12-24(26(21)29-27)30(3,4)5/h6-17H,1-5H3. The summed E-state index contributed by atoms with van der Waals surface area (Å²) in [6.45, 7) is 11.9. The molecule has 3 heteroatoms. The number of aromatic nitrogens is 1. The minimum Gasteiger partial charge on any atom is -0.255 e. The van der Waals surface area contributed by atoms with Gasteiger partial charge in [0, 0.05) is 27.2 Å². The number of thiophene rings is 1. The van der Waals surface area contributed by atoms with Crippen LogP contribution in [0.2, 0.25) is 19.6 Å². The quantitative estimate of drug-likeness (QED) is 0.267. The molecule has 0 N–H and O–H groups in total. The Labute approximate surface area is 183 Å². The van der Waals surface area contributed by atoms with E-state index in [9.17, 15) is 0 Å². The molecule has 0 unspecified atom stereocenters. The molecule has 0 aliphatic carbocycles. The molecular formula is C27H27NSSi. The van der Waals surface area contributed by atoms with Crippen molar-refractivity contribution in [2.75, 3.05) is 0 Å². The molecule has 0 aliphatic heterocycles. The van der Waals surface area contributed by atoms with E-state index in [-0.39, 0.29) is 0 Å². The fraction of sp³-hybridized carbons (Fsp3) is 0.222. The van der Waals surface area contributed by atoms with E-state index in [1.54, 1.807) is 5.19 Å². The lowest BCUT2D eigenvalue weighted by Gasteiger charge is -2.17. The molecular weight excluding hydrogens is 398 g/mol. The van der Waals surface area contributed by atoms with Crippen molar-refractivity contribution >= 4 is 55.5 Å². The number of nitrogens with zero attached hydrogens (tertiary/aromatic N) is 1. The van der Waals surface area contributed by atoms with Gasteiger partial charge in [0.1, 0.15) is 0 Å². The minimum atomic E-state index is -1.43. The van der Waals surface area contributed by atoms with Crippen molar-refractivity contribution in [3.8, 4) is 11.3 Å². The van der Waals surface area contributed by atoms with Gasteiger partial charge in [-0.15, -0.1) is 11.3 Å². The molecule has 2 heterocycles. The van der Waals surface area contributed by atoms with Crippen molar-refractivity contribution in [2.45, 2.75) is 39.4 Å². The highest BCUT2D eigenvalue weighted by molar-refractivity contribution is 7.28. The Kier molecular flexibility index (Phi) is 4.57. The maximum atomic E-state index is 4.89. The Morgan fingerprint density at radius 2 is 1.53 bits per heavy atom. The number of hydrogen-bond donors (Lipinski definition) is 0. The number of benzene rings is 3. The van der Waals surface area contributed by atoms with E-state index in [2.05, 4.69) is 94.2 Å². The molecule has 2 aromatic heterocycles. The van der Waals surface area contributed by atoms with Crippen LogP contribution in [0.15, 0.2) is 66.9 Å². The zero-order valence-electron chi connectivity index (χ0n) is 18.3. The average molecular weight is 426 g/mol. The molecule has 0 fully saturated rings. The lowest BCUT2D eigenvalue weighted by Crippen LogP contribution is -2.37. The predicted molar refractivity (Wildman–Crippen MR) is 137 cm³/mol. The minimum absolute atomic E-state index is 0.468. The Bertz CT molecular complexity index is 1410. The SMILES string of the molecule is CC(C)c1cc(-c2nccc3c2sc2c([Si](C)(C)C)cccc23)cc2ccccc12. The molecule has 30 heavy (non-hydrogen) atoms.